The average molecular weight is 244 g/mol. The minimum absolute atomic E-state index is 0.429. The maximum atomic E-state index is 4.58. The summed E-state index contributed by atoms with van der Waals surface area (Å²) >= 11 is 0. The molecule has 2 rings (SSSR count). The number of hydrogen-bond acceptors (Lipinski definition) is 4. The van der Waals surface area contributed by atoms with Crippen molar-refractivity contribution in [2.24, 2.45) is 0 Å². The second-order valence-corrected chi connectivity index (χ2v) is 4.44. The highest BCUT2D eigenvalue weighted by Crippen LogP contribution is 2.08. The quantitative estimate of drug-likeness (QED) is 0.812. The molecule has 2 aromatic rings. The van der Waals surface area contributed by atoms with Crippen LogP contribution in [0.25, 0.3) is 11.0 Å². The van der Waals surface area contributed by atoms with Gasteiger partial charge in [-0.3, -0.25) is 4.98 Å². The Bertz CT molecular complexity index is 498. The van der Waals surface area contributed by atoms with E-state index in [0.717, 1.165) is 36.4 Å². The zero-order valence-electron chi connectivity index (χ0n) is 11.0. The summed E-state index contributed by atoms with van der Waals surface area (Å²) < 4.78 is 0. The SMILES string of the molecule is CCNCC(C)NCc1cnc2ccccc2n1. The Labute approximate surface area is 108 Å². The Hall–Kier alpha value is -1.52. The molecule has 0 aliphatic heterocycles. The molecule has 1 aromatic heterocycles. The molecule has 0 bridgehead atoms. The summed E-state index contributed by atoms with van der Waals surface area (Å²) in [7, 11) is 0. The number of hydrogen-bond donors (Lipinski definition) is 2. The van der Waals surface area contributed by atoms with Crippen LogP contribution in [0.5, 0.6) is 0 Å². The van der Waals surface area contributed by atoms with Gasteiger partial charge in [0.05, 0.1) is 22.9 Å². The van der Waals surface area contributed by atoms with Gasteiger partial charge in [-0.2, -0.15) is 0 Å². The maximum absolute atomic E-state index is 4.58. The summed E-state index contributed by atoms with van der Waals surface area (Å²) in [5.41, 5.74) is 2.88. The van der Waals surface area contributed by atoms with E-state index in [1.54, 1.807) is 0 Å². The van der Waals surface area contributed by atoms with Crippen LogP contribution in [0.15, 0.2) is 30.5 Å². The van der Waals surface area contributed by atoms with Crippen LogP contribution in [0, 0.1) is 0 Å². The number of nitrogens with zero attached hydrogens (tertiary/aromatic N) is 2. The van der Waals surface area contributed by atoms with E-state index in [0.29, 0.717) is 6.04 Å². The van der Waals surface area contributed by atoms with Gasteiger partial charge in [0.25, 0.3) is 0 Å². The van der Waals surface area contributed by atoms with Gasteiger partial charge in [-0.15, -0.1) is 0 Å². The number of para-hydroxylation sites is 2. The Morgan fingerprint density at radius 2 is 2.00 bits per heavy atom. The van der Waals surface area contributed by atoms with Gasteiger partial charge in [-0.25, -0.2) is 4.98 Å². The van der Waals surface area contributed by atoms with Crippen molar-refractivity contribution in [1.82, 2.24) is 20.6 Å². The maximum Gasteiger partial charge on any atom is 0.0890 e. The van der Waals surface area contributed by atoms with E-state index in [1.165, 1.54) is 0 Å². The monoisotopic (exact) mass is 244 g/mol. The van der Waals surface area contributed by atoms with Gasteiger partial charge in [0.1, 0.15) is 0 Å². The van der Waals surface area contributed by atoms with Crippen LogP contribution in [0.1, 0.15) is 19.5 Å². The Balaban J connectivity index is 1.95. The molecule has 0 saturated carbocycles. The lowest BCUT2D eigenvalue weighted by Gasteiger charge is -2.13. The largest absolute Gasteiger partial charge is 0.315 e. The zero-order valence-corrected chi connectivity index (χ0v) is 11.0. The fraction of sp³-hybridized carbons (Fsp3) is 0.429. The van der Waals surface area contributed by atoms with Crippen molar-refractivity contribution >= 4 is 11.0 Å². The van der Waals surface area contributed by atoms with Crippen LogP contribution in [0.3, 0.4) is 0 Å². The molecule has 0 radical (unpaired) electrons. The molecule has 4 nitrogen and oxygen atoms in total. The molecule has 0 spiro atoms. The minimum atomic E-state index is 0.429. The Morgan fingerprint density at radius 3 is 2.78 bits per heavy atom. The number of aromatic nitrogens is 2. The standard InChI is InChI=1S/C14H20N4/c1-3-15-8-11(2)16-9-12-10-17-13-6-4-5-7-14(13)18-12/h4-7,10-11,15-16H,3,8-9H2,1-2H3. The first-order chi connectivity index (χ1) is 8.79. The first kappa shape index (κ1) is 12.9. The molecule has 0 amide bonds. The molecule has 0 fully saturated rings. The predicted molar refractivity (Wildman–Crippen MR) is 74.4 cm³/mol. The third kappa shape index (κ3) is 3.48. The fourth-order valence-corrected chi connectivity index (χ4v) is 1.79. The normalized spacial score (nSPS) is 12.8. The molecule has 96 valence electrons. The molecular weight excluding hydrogens is 224 g/mol. The summed E-state index contributed by atoms with van der Waals surface area (Å²) in [6.07, 6.45) is 1.84. The van der Waals surface area contributed by atoms with Crippen LogP contribution in [-0.4, -0.2) is 29.1 Å². The number of fused-ring (bicyclic) bond motifs is 1. The van der Waals surface area contributed by atoms with Crippen molar-refractivity contribution in [3.8, 4) is 0 Å². The van der Waals surface area contributed by atoms with Crippen molar-refractivity contribution in [2.75, 3.05) is 13.1 Å². The molecule has 1 atom stereocenters. The van der Waals surface area contributed by atoms with Crippen molar-refractivity contribution in [3.05, 3.63) is 36.2 Å². The molecule has 4 heteroatoms. The molecular formula is C14H20N4. The lowest BCUT2D eigenvalue weighted by atomic mass is 10.3. The van der Waals surface area contributed by atoms with Gasteiger partial charge in [-0.1, -0.05) is 19.1 Å². The predicted octanol–water partition coefficient (Wildman–Crippen LogP) is 1.72. The van der Waals surface area contributed by atoms with Gasteiger partial charge >= 0.3 is 0 Å². The first-order valence-electron chi connectivity index (χ1n) is 6.44. The van der Waals surface area contributed by atoms with Crippen LogP contribution in [-0.2, 0) is 6.54 Å². The van der Waals surface area contributed by atoms with Crippen LogP contribution in [0.4, 0.5) is 0 Å². The van der Waals surface area contributed by atoms with Crippen LogP contribution >= 0.6 is 0 Å². The minimum Gasteiger partial charge on any atom is -0.315 e. The highest BCUT2D eigenvalue weighted by molar-refractivity contribution is 5.73. The van der Waals surface area contributed by atoms with Crippen molar-refractivity contribution in [2.45, 2.75) is 26.4 Å². The molecule has 0 saturated heterocycles. The van der Waals surface area contributed by atoms with Gasteiger partial charge in [0.15, 0.2) is 0 Å². The molecule has 1 heterocycles. The Kier molecular flexibility index (Phi) is 4.61. The highest BCUT2D eigenvalue weighted by Gasteiger charge is 2.02. The number of benzene rings is 1. The topological polar surface area (TPSA) is 49.8 Å². The molecule has 2 N–H and O–H groups in total. The molecule has 0 aliphatic rings. The van der Waals surface area contributed by atoms with E-state index in [1.807, 2.05) is 30.5 Å². The molecule has 1 aromatic carbocycles. The smallest absolute Gasteiger partial charge is 0.0890 e. The fourth-order valence-electron chi connectivity index (χ4n) is 1.79. The summed E-state index contributed by atoms with van der Waals surface area (Å²) in [6, 6.07) is 8.37. The van der Waals surface area contributed by atoms with E-state index in [4.69, 9.17) is 0 Å². The summed E-state index contributed by atoms with van der Waals surface area (Å²) in [5, 5.41) is 6.75. The zero-order chi connectivity index (χ0) is 12.8. The molecule has 18 heavy (non-hydrogen) atoms. The second kappa shape index (κ2) is 6.42. The lowest BCUT2D eigenvalue weighted by molar-refractivity contribution is 0.505. The van der Waals surface area contributed by atoms with E-state index in [2.05, 4.69) is 34.4 Å². The Morgan fingerprint density at radius 1 is 1.22 bits per heavy atom. The van der Waals surface area contributed by atoms with E-state index < -0.39 is 0 Å². The lowest BCUT2D eigenvalue weighted by Crippen LogP contribution is -2.36. The number of likely N-dealkylation sites (N-methyl/N-ethyl adjacent to an activating group) is 1. The van der Waals surface area contributed by atoms with Crippen molar-refractivity contribution < 1.29 is 0 Å². The highest BCUT2D eigenvalue weighted by atomic mass is 15.0. The van der Waals surface area contributed by atoms with Crippen LogP contribution < -0.4 is 10.6 Å². The molecule has 1 unspecified atom stereocenters. The van der Waals surface area contributed by atoms with Gasteiger partial charge in [0, 0.05) is 19.1 Å². The van der Waals surface area contributed by atoms with Gasteiger partial charge in [0.2, 0.25) is 0 Å². The van der Waals surface area contributed by atoms with Crippen LogP contribution in [0.2, 0.25) is 0 Å². The second-order valence-electron chi connectivity index (χ2n) is 4.44. The third-order valence-corrected chi connectivity index (χ3v) is 2.83. The van der Waals surface area contributed by atoms with Gasteiger partial charge in [-0.05, 0) is 25.6 Å². The molecule has 0 aliphatic carbocycles. The van der Waals surface area contributed by atoms with E-state index in [-0.39, 0.29) is 0 Å². The summed E-state index contributed by atoms with van der Waals surface area (Å²) in [6.45, 7) is 7.00. The van der Waals surface area contributed by atoms with E-state index >= 15 is 0 Å². The first-order valence-corrected chi connectivity index (χ1v) is 6.44. The summed E-state index contributed by atoms with van der Waals surface area (Å²) in [4.78, 5) is 8.99. The average Bonchev–Trinajstić information content (AvgIpc) is 2.42. The number of rotatable bonds is 6. The number of nitrogens with one attached hydrogen (secondary N) is 2. The van der Waals surface area contributed by atoms with E-state index in [9.17, 15) is 0 Å². The summed E-state index contributed by atoms with van der Waals surface area (Å²) in [5.74, 6) is 0. The third-order valence-electron chi connectivity index (χ3n) is 2.83. The van der Waals surface area contributed by atoms with Crippen molar-refractivity contribution in [1.29, 1.82) is 0 Å². The van der Waals surface area contributed by atoms with Gasteiger partial charge < -0.3 is 10.6 Å². The van der Waals surface area contributed by atoms with Crippen molar-refractivity contribution in [3.63, 3.8) is 0 Å².